The highest BCUT2D eigenvalue weighted by Crippen LogP contribution is 2.05. The first-order chi connectivity index (χ1) is 2.00. The molecular formula is C3H6ClO. The van der Waals surface area contributed by atoms with E-state index < -0.39 is 5.06 Å². The fourth-order valence-corrected chi connectivity index (χ4v) is 0. The lowest BCUT2D eigenvalue weighted by molar-refractivity contribution is 0.0818. The van der Waals surface area contributed by atoms with E-state index in [0.29, 0.717) is 0 Å². The minimum Gasteiger partial charge on any atom is -0.213 e. The predicted octanol–water partition coefficient (Wildman–Crippen LogP) is 1.39. The van der Waals surface area contributed by atoms with Crippen LogP contribution >= 0.6 is 11.6 Å². The molecule has 5 heavy (non-hydrogen) atoms. The average Bonchev–Trinajstić information content (AvgIpc) is 0.722. The molecule has 0 bridgehead atoms. The van der Waals surface area contributed by atoms with Crippen LogP contribution < -0.4 is 0 Å². The smallest absolute Gasteiger partial charge is 0.171 e. The summed E-state index contributed by atoms with van der Waals surface area (Å²) in [6.07, 6.45) is 0. The normalized spacial score (nSPS) is 12.0. The summed E-state index contributed by atoms with van der Waals surface area (Å²) in [6.45, 7) is 2.79. The van der Waals surface area contributed by atoms with Crippen LogP contribution in [0.2, 0.25) is 0 Å². The maximum Gasteiger partial charge on any atom is 0.171 e. The Morgan fingerprint density at radius 2 is 1.60 bits per heavy atom. The van der Waals surface area contributed by atoms with Gasteiger partial charge >= 0.3 is 0 Å². The number of halogens is 1. The van der Waals surface area contributed by atoms with Crippen molar-refractivity contribution in [3.63, 3.8) is 0 Å². The zero-order valence-electron chi connectivity index (χ0n) is 3.29. The van der Waals surface area contributed by atoms with Crippen molar-refractivity contribution in [3.05, 3.63) is 0 Å². The van der Waals surface area contributed by atoms with Gasteiger partial charge in [0.25, 0.3) is 0 Å². The third-order valence-corrected chi connectivity index (χ3v) is 0. The molecule has 0 saturated heterocycles. The minimum atomic E-state index is -1.28. The zero-order chi connectivity index (χ0) is 4.50. The van der Waals surface area contributed by atoms with Gasteiger partial charge in [-0.15, -0.1) is 0 Å². The van der Waals surface area contributed by atoms with Crippen LogP contribution in [0.15, 0.2) is 0 Å². The van der Waals surface area contributed by atoms with Gasteiger partial charge in [0.15, 0.2) is 5.06 Å². The van der Waals surface area contributed by atoms with Crippen molar-refractivity contribution in [3.8, 4) is 0 Å². The molecule has 0 aliphatic carbocycles. The Morgan fingerprint density at radius 1 is 1.60 bits per heavy atom. The van der Waals surface area contributed by atoms with E-state index in [1.54, 1.807) is 0 Å². The minimum absolute atomic E-state index is 1.28. The van der Waals surface area contributed by atoms with Gasteiger partial charge in [0.1, 0.15) is 0 Å². The van der Waals surface area contributed by atoms with E-state index in [1.165, 1.54) is 13.8 Å². The first-order valence-electron chi connectivity index (χ1n) is 1.39. The van der Waals surface area contributed by atoms with Crippen molar-refractivity contribution in [2.24, 2.45) is 0 Å². The van der Waals surface area contributed by atoms with E-state index in [9.17, 15) is 5.11 Å². The maximum atomic E-state index is 9.87. The van der Waals surface area contributed by atoms with Gasteiger partial charge in [0.05, 0.1) is 0 Å². The molecule has 0 amide bonds. The zero-order valence-corrected chi connectivity index (χ0v) is 4.04. The summed E-state index contributed by atoms with van der Waals surface area (Å²) in [4.78, 5) is 0. The Labute approximate surface area is 36.6 Å². The summed E-state index contributed by atoms with van der Waals surface area (Å²) in [5.41, 5.74) is 0. The summed E-state index contributed by atoms with van der Waals surface area (Å²) in [5, 5.41) is 8.59. The molecule has 0 N–H and O–H groups in total. The van der Waals surface area contributed by atoms with Gasteiger partial charge in [0.2, 0.25) is 0 Å². The van der Waals surface area contributed by atoms with Gasteiger partial charge in [-0.2, -0.15) is 0 Å². The Kier molecular flexibility index (Phi) is 1.21. The SMILES string of the molecule is CC(C)([O])Cl. The third-order valence-electron chi connectivity index (χ3n) is 0. The van der Waals surface area contributed by atoms with Crippen LogP contribution in [0, 0.1) is 0 Å². The van der Waals surface area contributed by atoms with E-state index in [0.717, 1.165) is 0 Å². The van der Waals surface area contributed by atoms with Crippen LogP contribution in [-0.4, -0.2) is 5.06 Å². The van der Waals surface area contributed by atoms with E-state index >= 15 is 0 Å². The summed E-state index contributed by atoms with van der Waals surface area (Å²) in [5.74, 6) is 0. The highest BCUT2D eigenvalue weighted by molar-refractivity contribution is 6.22. The van der Waals surface area contributed by atoms with Crippen LogP contribution in [0.1, 0.15) is 13.8 Å². The molecule has 0 aromatic heterocycles. The fraction of sp³-hybridized carbons (Fsp3) is 1.00. The topological polar surface area (TPSA) is 19.9 Å². The molecule has 2 heteroatoms. The number of rotatable bonds is 0. The molecule has 0 rings (SSSR count). The molecule has 1 nitrogen and oxygen atoms in total. The quantitative estimate of drug-likeness (QED) is 0.404. The molecule has 0 aliphatic rings. The van der Waals surface area contributed by atoms with Crippen molar-refractivity contribution in [2.75, 3.05) is 0 Å². The summed E-state index contributed by atoms with van der Waals surface area (Å²) in [6, 6.07) is 0. The lowest BCUT2D eigenvalue weighted by atomic mass is 10.5. The van der Waals surface area contributed by atoms with Gasteiger partial charge in [-0.3, -0.25) is 0 Å². The molecule has 0 unspecified atom stereocenters. The molecule has 31 valence electrons. The summed E-state index contributed by atoms with van der Waals surface area (Å²) >= 11 is 4.97. The molecule has 1 radical (unpaired) electrons. The van der Waals surface area contributed by atoms with Crippen LogP contribution in [0.4, 0.5) is 0 Å². The highest BCUT2D eigenvalue weighted by atomic mass is 35.5. The summed E-state index contributed by atoms with van der Waals surface area (Å²) in [7, 11) is 0. The highest BCUT2D eigenvalue weighted by Gasteiger charge is 2.05. The fourth-order valence-electron chi connectivity index (χ4n) is 0. The van der Waals surface area contributed by atoms with E-state index in [4.69, 9.17) is 11.6 Å². The summed E-state index contributed by atoms with van der Waals surface area (Å²) < 4.78 is 0. The van der Waals surface area contributed by atoms with Gasteiger partial charge in [-0.1, -0.05) is 11.6 Å². The largest absolute Gasteiger partial charge is 0.213 e. The molecule has 0 aromatic rings. The predicted molar refractivity (Wildman–Crippen MR) is 20.6 cm³/mol. The molecule has 0 atom stereocenters. The standard InChI is InChI=1S/C3H6ClO/c1-3(2,4)5/h1-2H3. The van der Waals surface area contributed by atoms with Crippen LogP contribution in [-0.2, 0) is 5.11 Å². The van der Waals surface area contributed by atoms with E-state index in [-0.39, 0.29) is 0 Å². The Bertz CT molecular complexity index is 22.4. The number of hydrogen-bond donors (Lipinski definition) is 0. The molecule has 0 fully saturated rings. The first-order valence-corrected chi connectivity index (χ1v) is 1.77. The lowest BCUT2D eigenvalue weighted by Gasteiger charge is -1.96. The number of hydrogen-bond acceptors (Lipinski definition) is 0. The van der Waals surface area contributed by atoms with Gasteiger partial charge in [-0.05, 0) is 13.8 Å². The van der Waals surface area contributed by atoms with Crippen molar-refractivity contribution >= 4 is 11.6 Å². The first kappa shape index (κ1) is 5.25. The van der Waals surface area contributed by atoms with Crippen LogP contribution in [0.5, 0.6) is 0 Å². The molecule has 0 aliphatic heterocycles. The average molecular weight is 93.5 g/mol. The van der Waals surface area contributed by atoms with Crippen molar-refractivity contribution in [1.29, 1.82) is 0 Å². The second kappa shape index (κ2) is 1.15. The third kappa shape index (κ3) is 344. The van der Waals surface area contributed by atoms with E-state index in [2.05, 4.69) is 0 Å². The van der Waals surface area contributed by atoms with Gasteiger partial charge in [0, 0.05) is 0 Å². The van der Waals surface area contributed by atoms with Crippen LogP contribution in [0.3, 0.4) is 0 Å². The van der Waals surface area contributed by atoms with Gasteiger partial charge in [-0.25, -0.2) is 5.11 Å². The Morgan fingerprint density at radius 3 is 1.60 bits per heavy atom. The Balaban J connectivity index is 3.02. The lowest BCUT2D eigenvalue weighted by Crippen LogP contribution is -2.02. The molecule has 0 saturated carbocycles. The van der Waals surface area contributed by atoms with Crippen molar-refractivity contribution in [2.45, 2.75) is 18.9 Å². The molecule has 0 heterocycles. The van der Waals surface area contributed by atoms with E-state index in [1.807, 2.05) is 0 Å². The second-order valence-corrected chi connectivity index (χ2v) is 2.27. The molecular weight excluding hydrogens is 87.5 g/mol. The molecule has 0 spiro atoms. The van der Waals surface area contributed by atoms with Crippen LogP contribution in [0.25, 0.3) is 0 Å². The van der Waals surface area contributed by atoms with Gasteiger partial charge < -0.3 is 0 Å². The second-order valence-electron chi connectivity index (χ2n) is 1.36. The maximum absolute atomic E-state index is 9.87. The van der Waals surface area contributed by atoms with Crippen molar-refractivity contribution in [1.82, 2.24) is 0 Å². The number of alkyl halides is 1. The Hall–Kier alpha value is 0.250. The molecule has 0 aromatic carbocycles. The van der Waals surface area contributed by atoms with Crippen molar-refractivity contribution < 1.29 is 5.11 Å². The monoisotopic (exact) mass is 93.0 g/mol.